The van der Waals surface area contributed by atoms with Crippen molar-refractivity contribution in [3.05, 3.63) is 48.0 Å². The molecule has 1 atom stereocenters. The van der Waals surface area contributed by atoms with Gasteiger partial charge in [-0.25, -0.2) is 4.98 Å². The molecule has 0 aliphatic carbocycles. The smallest absolute Gasteiger partial charge is 0.417 e. The highest BCUT2D eigenvalue weighted by atomic mass is 32.2. The number of alkyl halides is 3. The molecule has 9 heteroatoms. The van der Waals surface area contributed by atoms with Crippen molar-refractivity contribution < 1.29 is 32.1 Å². The van der Waals surface area contributed by atoms with E-state index in [1.54, 1.807) is 6.07 Å². The van der Waals surface area contributed by atoms with Gasteiger partial charge >= 0.3 is 6.18 Å². The standard InChI is InChI=1S/C20H14F3NO4S/c21-20(22,23)13-6-19(24-14-7-18-17(5-12(13)14)26-10-27-18)29-9-11-8-25-15-3-1-2-4-16(15)28-11/h1-7,11H,8-10H2/t11-/m0/s1. The van der Waals surface area contributed by atoms with Gasteiger partial charge in [0, 0.05) is 17.2 Å². The minimum atomic E-state index is -4.52. The Balaban J connectivity index is 1.42. The van der Waals surface area contributed by atoms with E-state index in [9.17, 15) is 13.2 Å². The van der Waals surface area contributed by atoms with Crippen LogP contribution in [0.1, 0.15) is 5.56 Å². The molecule has 0 amide bonds. The van der Waals surface area contributed by atoms with Crippen LogP contribution >= 0.6 is 11.8 Å². The molecule has 3 heterocycles. The van der Waals surface area contributed by atoms with Gasteiger partial charge in [0.15, 0.2) is 23.0 Å². The number of rotatable bonds is 3. The van der Waals surface area contributed by atoms with Crippen molar-refractivity contribution in [2.45, 2.75) is 17.3 Å². The number of halogens is 3. The molecule has 0 N–H and O–H groups in total. The Bertz CT molecular complexity index is 1090. The van der Waals surface area contributed by atoms with Gasteiger partial charge in [0.1, 0.15) is 12.7 Å². The molecule has 1 aromatic heterocycles. The third kappa shape index (κ3) is 3.50. The number of pyridine rings is 1. The summed E-state index contributed by atoms with van der Waals surface area (Å²) < 4.78 is 63.0. The van der Waals surface area contributed by atoms with E-state index < -0.39 is 11.7 Å². The van der Waals surface area contributed by atoms with Gasteiger partial charge in [0.25, 0.3) is 0 Å². The summed E-state index contributed by atoms with van der Waals surface area (Å²) in [6.07, 6.45) is -4.81. The van der Waals surface area contributed by atoms with Crippen LogP contribution in [0.25, 0.3) is 10.9 Å². The predicted molar refractivity (Wildman–Crippen MR) is 99.9 cm³/mol. The Morgan fingerprint density at radius 1 is 0.966 bits per heavy atom. The highest BCUT2D eigenvalue weighted by molar-refractivity contribution is 7.99. The Kier molecular flexibility index (Phi) is 4.34. The van der Waals surface area contributed by atoms with Gasteiger partial charge in [-0.2, -0.15) is 13.2 Å². The van der Waals surface area contributed by atoms with Crippen LogP contribution in [0.3, 0.4) is 0 Å². The number of nitrogens with zero attached hydrogens (tertiary/aromatic N) is 1. The Morgan fingerprint density at radius 3 is 2.52 bits per heavy atom. The van der Waals surface area contributed by atoms with E-state index >= 15 is 0 Å². The van der Waals surface area contributed by atoms with Crippen molar-refractivity contribution in [1.82, 2.24) is 4.98 Å². The lowest BCUT2D eigenvalue weighted by molar-refractivity contribution is -0.136. The summed E-state index contributed by atoms with van der Waals surface area (Å²) in [6, 6.07) is 11.2. The van der Waals surface area contributed by atoms with Gasteiger partial charge in [-0.3, -0.25) is 0 Å². The second-order valence-corrected chi connectivity index (χ2v) is 7.58. The van der Waals surface area contributed by atoms with Crippen LogP contribution in [0.2, 0.25) is 0 Å². The monoisotopic (exact) mass is 421 g/mol. The molecule has 0 fully saturated rings. The zero-order valence-corrected chi connectivity index (χ0v) is 15.7. The fourth-order valence-electron chi connectivity index (χ4n) is 3.22. The molecule has 3 aromatic rings. The second-order valence-electron chi connectivity index (χ2n) is 6.54. The van der Waals surface area contributed by atoms with Crippen molar-refractivity contribution in [2.75, 3.05) is 19.2 Å². The van der Waals surface area contributed by atoms with Gasteiger partial charge in [-0.1, -0.05) is 12.1 Å². The van der Waals surface area contributed by atoms with Crippen LogP contribution in [-0.4, -0.2) is 30.2 Å². The van der Waals surface area contributed by atoms with E-state index in [0.717, 1.165) is 6.07 Å². The largest absolute Gasteiger partial charge is 0.486 e. The van der Waals surface area contributed by atoms with Gasteiger partial charge in [-0.05, 0) is 24.3 Å². The first-order valence-electron chi connectivity index (χ1n) is 8.80. The highest BCUT2D eigenvalue weighted by Crippen LogP contribution is 2.42. The lowest BCUT2D eigenvalue weighted by atomic mass is 10.1. The summed E-state index contributed by atoms with van der Waals surface area (Å²) in [6.45, 7) is 0.303. The van der Waals surface area contributed by atoms with Crippen molar-refractivity contribution in [3.63, 3.8) is 0 Å². The molecule has 0 spiro atoms. The Morgan fingerprint density at radius 2 is 1.72 bits per heavy atom. The maximum Gasteiger partial charge on any atom is 0.417 e. The summed E-state index contributed by atoms with van der Waals surface area (Å²) in [5.41, 5.74) is -0.549. The van der Waals surface area contributed by atoms with E-state index in [1.807, 2.05) is 18.2 Å². The molecule has 0 bridgehead atoms. The SMILES string of the molecule is FC(F)(F)c1cc(SC[C@@H]2COc3ccccc3O2)nc2cc3c(cc12)OCO3. The van der Waals surface area contributed by atoms with Gasteiger partial charge in [-0.15, -0.1) is 11.8 Å². The molecule has 2 aromatic carbocycles. The first-order chi connectivity index (χ1) is 14.0. The highest BCUT2D eigenvalue weighted by Gasteiger charge is 2.34. The molecule has 0 radical (unpaired) electrons. The summed E-state index contributed by atoms with van der Waals surface area (Å²) in [5.74, 6) is 2.36. The van der Waals surface area contributed by atoms with E-state index in [1.165, 1.54) is 23.9 Å². The third-order valence-electron chi connectivity index (χ3n) is 4.57. The average Bonchev–Trinajstić information content (AvgIpc) is 3.16. The molecule has 29 heavy (non-hydrogen) atoms. The maximum atomic E-state index is 13.7. The first kappa shape index (κ1) is 18.2. The number of fused-ring (bicyclic) bond motifs is 3. The van der Waals surface area contributed by atoms with Crippen LogP contribution in [0.5, 0.6) is 23.0 Å². The summed E-state index contributed by atoms with van der Waals surface area (Å²) in [5, 5.41) is 0.239. The summed E-state index contributed by atoms with van der Waals surface area (Å²) >= 11 is 1.19. The lowest BCUT2D eigenvalue weighted by Crippen LogP contribution is -2.31. The molecule has 2 aliphatic rings. The maximum absolute atomic E-state index is 13.7. The summed E-state index contributed by atoms with van der Waals surface area (Å²) in [4.78, 5) is 4.39. The van der Waals surface area contributed by atoms with Gasteiger partial charge in [0.05, 0.1) is 16.1 Å². The number of benzene rings is 2. The van der Waals surface area contributed by atoms with Crippen LogP contribution in [0.4, 0.5) is 13.2 Å². The number of para-hydroxylation sites is 2. The van der Waals surface area contributed by atoms with Crippen molar-refractivity contribution in [3.8, 4) is 23.0 Å². The van der Waals surface area contributed by atoms with Crippen molar-refractivity contribution in [1.29, 1.82) is 0 Å². The van der Waals surface area contributed by atoms with Crippen LogP contribution in [0, 0.1) is 0 Å². The minimum Gasteiger partial charge on any atom is -0.486 e. The first-order valence-corrected chi connectivity index (χ1v) is 9.79. The molecule has 150 valence electrons. The zero-order valence-electron chi connectivity index (χ0n) is 14.9. The number of hydrogen-bond donors (Lipinski definition) is 0. The summed E-state index contributed by atoms with van der Waals surface area (Å²) in [7, 11) is 0. The molecule has 5 rings (SSSR count). The fourth-order valence-corrected chi connectivity index (χ4v) is 4.11. The van der Waals surface area contributed by atoms with Crippen LogP contribution < -0.4 is 18.9 Å². The number of ether oxygens (including phenoxy) is 4. The second kappa shape index (κ2) is 6.91. The molecule has 5 nitrogen and oxygen atoms in total. The number of hydrogen-bond acceptors (Lipinski definition) is 6. The number of aromatic nitrogens is 1. The minimum absolute atomic E-state index is 0.0164. The fraction of sp³-hybridized carbons (Fsp3) is 0.250. The lowest BCUT2D eigenvalue weighted by Gasteiger charge is -2.26. The van der Waals surface area contributed by atoms with Gasteiger partial charge < -0.3 is 18.9 Å². The molecule has 0 saturated carbocycles. The quantitative estimate of drug-likeness (QED) is 0.560. The van der Waals surface area contributed by atoms with Crippen molar-refractivity contribution in [2.24, 2.45) is 0 Å². The third-order valence-corrected chi connectivity index (χ3v) is 5.61. The molecular formula is C20H14F3NO4S. The van der Waals surface area contributed by atoms with E-state index in [4.69, 9.17) is 18.9 Å². The van der Waals surface area contributed by atoms with Crippen molar-refractivity contribution >= 4 is 22.7 Å². The molecule has 0 saturated heterocycles. The molecule has 2 aliphatic heterocycles. The molecule has 0 unspecified atom stereocenters. The van der Waals surface area contributed by atoms with Gasteiger partial charge in [0.2, 0.25) is 6.79 Å². The van der Waals surface area contributed by atoms with Crippen LogP contribution in [-0.2, 0) is 6.18 Å². The normalized spacial score (nSPS) is 17.6. The Labute approximate surface area is 167 Å². The number of thioether (sulfide) groups is 1. The van der Waals surface area contributed by atoms with Crippen LogP contribution in [0.15, 0.2) is 47.5 Å². The Hall–Kier alpha value is -2.81. The van der Waals surface area contributed by atoms with E-state index in [-0.39, 0.29) is 34.6 Å². The topological polar surface area (TPSA) is 49.8 Å². The average molecular weight is 421 g/mol. The molecular weight excluding hydrogens is 407 g/mol. The predicted octanol–water partition coefficient (Wildman–Crippen LogP) is 4.91. The van der Waals surface area contributed by atoms with E-state index in [2.05, 4.69) is 4.98 Å². The zero-order chi connectivity index (χ0) is 20.0. The van der Waals surface area contributed by atoms with E-state index in [0.29, 0.717) is 29.6 Å².